The molecule has 2 N–H and O–H groups in total. The quantitative estimate of drug-likeness (QED) is 0.806. The number of carboxylic acid groups (broad SMARTS) is 1. The van der Waals surface area contributed by atoms with Crippen LogP contribution in [0.15, 0.2) is 0 Å². The maximum absolute atomic E-state index is 11.1. The zero-order valence-electron chi connectivity index (χ0n) is 10.6. The molecule has 1 heterocycles. The number of carboxylic acids is 1. The molecule has 1 aromatic rings. The largest absolute Gasteiger partial charge is 0.481 e. The molecule has 3 nitrogen and oxygen atoms in total. The van der Waals surface area contributed by atoms with E-state index in [4.69, 9.17) is 5.11 Å². The lowest BCUT2D eigenvalue weighted by molar-refractivity contribution is -0.138. The fourth-order valence-electron chi connectivity index (χ4n) is 2.24. The maximum atomic E-state index is 11.1. The molecule has 0 fully saturated rings. The second kappa shape index (κ2) is 5.19. The summed E-state index contributed by atoms with van der Waals surface area (Å²) in [5, 5.41) is 9.12. The Bertz CT molecular complexity index is 380. The number of aromatic nitrogens is 1. The summed E-state index contributed by atoms with van der Waals surface area (Å²) in [7, 11) is 0. The molecule has 1 atom stereocenters. The monoisotopic (exact) mass is 223 g/mol. The summed E-state index contributed by atoms with van der Waals surface area (Å²) in [6, 6.07) is 0. The number of hydrogen-bond donors (Lipinski definition) is 2. The van der Waals surface area contributed by atoms with Gasteiger partial charge in [0.2, 0.25) is 0 Å². The van der Waals surface area contributed by atoms with Gasteiger partial charge in [-0.3, -0.25) is 4.79 Å². The smallest absolute Gasteiger partial charge is 0.310 e. The van der Waals surface area contributed by atoms with Gasteiger partial charge in [-0.15, -0.1) is 0 Å². The van der Waals surface area contributed by atoms with Gasteiger partial charge in [0.05, 0.1) is 5.92 Å². The van der Waals surface area contributed by atoms with Crippen LogP contribution in [0.3, 0.4) is 0 Å². The minimum atomic E-state index is -0.748. The fraction of sp³-hybridized carbons (Fsp3) is 0.615. The molecular formula is C13H21NO2. The van der Waals surface area contributed by atoms with Crippen molar-refractivity contribution in [2.24, 2.45) is 0 Å². The normalized spacial score (nSPS) is 12.8. The second-order valence-corrected chi connectivity index (χ2v) is 4.28. The van der Waals surface area contributed by atoms with Crippen molar-refractivity contribution in [2.45, 2.75) is 52.9 Å². The van der Waals surface area contributed by atoms with E-state index in [2.05, 4.69) is 18.8 Å². The van der Waals surface area contributed by atoms with E-state index in [0.29, 0.717) is 0 Å². The molecule has 1 unspecified atom stereocenters. The standard InChI is InChI=1S/C13H21NO2/c1-5-7-11-12(9(4)13(15)16)8(3)10(6-2)14-11/h9,14H,5-7H2,1-4H3,(H,15,16). The minimum Gasteiger partial charge on any atom is -0.481 e. The summed E-state index contributed by atoms with van der Waals surface area (Å²) in [5.74, 6) is -1.17. The molecule has 0 aromatic carbocycles. The Labute approximate surface area is 96.9 Å². The molecule has 0 aliphatic heterocycles. The number of aryl methyl sites for hydroxylation is 2. The Balaban J connectivity index is 3.22. The highest BCUT2D eigenvalue weighted by atomic mass is 16.4. The molecule has 0 saturated carbocycles. The lowest BCUT2D eigenvalue weighted by Crippen LogP contribution is -2.10. The third kappa shape index (κ3) is 2.29. The number of carbonyl (C=O) groups is 1. The van der Waals surface area contributed by atoms with Gasteiger partial charge >= 0.3 is 5.97 Å². The lowest BCUT2D eigenvalue weighted by Gasteiger charge is -2.09. The third-order valence-corrected chi connectivity index (χ3v) is 3.14. The Kier molecular flexibility index (Phi) is 4.16. The zero-order chi connectivity index (χ0) is 12.3. The number of H-pyrrole nitrogens is 1. The van der Waals surface area contributed by atoms with Gasteiger partial charge in [-0.05, 0) is 37.8 Å². The first-order valence-corrected chi connectivity index (χ1v) is 5.95. The van der Waals surface area contributed by atoms with Crippen LogP contribution in [0.2, 0.25) is 0 Å². The van der Waals surface area contributed by atoms with Crippen LogP contribution < -0.4 is 0 Å². The van der Waals surface area contributed by atoms with Crippen molar-refractivity contribution >= 4 is 5.97 Å². The van der Waals surface area contributed by atoms with E-state index in [1.165, 1.54) is 5.69 Å². The molecular weight excluding hydrogens is 202 g/mol. The van der Waals surface area contributed by atoms with Crippen LogP contribution in [-0.2, 0) is 17.6 Å². The van der Waals surface area contributed by atoms with Gasteiger partial charge in [-0.2, -0.15) is 0 Å². The molecule has 0 aliphatic carbocycles. The van der Waals surface area contributed by atoms with E-state index in [0.717, 1.165) is 36.1 Å². The molecule has 90 valence electrons. The van der Waals surface area contributed by atoms with E-state index < -0.39 is 11.9 Å². The Morgan fingerprint density at radius 3 is 2.44 bits per heavy atom. The topological polar surface area (TPSA) is 53.1 Å². The van der Waals surface area contributed by atoms with Crippen LogP contribution in [0.25, 0.3) is 0 Å². The van der Waals surface area contributed by atoms with Crippen molar-refractivity contribution in [3.63, 3.8) is 0 Å². The summed E-state index contributed by atoms with van der Waals surface area (Å²) in [4.78, 5) is 14.5. The van der Waals surface area contributed by atoms with Gasteiger partial charge < -0.3 is 10.1 Å². The SMILES string of the molecule is CCCc1[nH]c(CC)c(C)c1C(C)C(=O)O. The van der Waals surface area contributed by atoms with Crippen molar-refractivity contribution in [3.8, 4) is 0 Å². The first kappa shape index (κ1) is 12.8. The van der Waals surface area contributed by atoms with Gasteiger partial charge in [0.15, 0.2) is 0 Å². The van der Waals surface area contributed by atoms with Gasteiger partial charge in [0.25, 0.3) is 0 Å². The predicted octanol–water partition coefficient (Wildman–Crippen LogP) is 3.03. The fourth-order valence-corrected chi connectivity index (χ4v) is 2.24. The highest BCUT2D eigenvalue weighted by molar-refractivity contribution is 5.76. The first-order valence-electron chi connectivity index (χ1n) is 5.95. The van der Waals surface area contributed by atoms with Crippen LogP contribution in [0.5, 0.6) is 0 Å². The number of hydrogen-bond acceptors (Lipinski definition) is 1. The van der Waals surface area contributed by atoms with Crippen molar-refractivity contribution in [1.82, 2.24) is 4.98 Å². The van der Waals surface area contributed by atoms with Crippen molar-refractivity contribution < 1.29 is 9.90 Å². The molecule has 0 aliphatic rings. The number of aromatic amines is 1. The molecule has 0 radical (unpaired) electrons. The summed E-state index contributed by atoms with van der Waals surface area (Å²) < 4.78 is 0. The van der Waals surface area contributed by atoms with E-state index >= 15 is 0 Å². The molecule has 0 bridgehead atoms. The first-order chi connectivity index (χ1) is 7.52. The molecule has 0 saturated heterocycles. The molecule has 1 rings (SSSR count). The molecule has 1 aromatic heterocycles. The van der Waals surface area contributed by atoms with Crippen LogP contribution >= 0.6 is 0 Å². The predicted molar refractivity (Wildman–Crippen MR) is 65.0 cm³/mol. The lowest BCUT2D eigenvalue weighted by atomic mass is 9.95. The highest BCUT2D eigenvalue weighted by Gasteiger charge is 2.22. The molecule has 0 spiro atoms. The minimum absolute atomic E-state index is 0.418. The van der Waals surface area contributed by atoms with Crippen LogP contribution in [-0.4, -0.2) is 16.1 Å². The van der Waals surface area contributed by atoms with Crippen LogP contribution in [0, 0.1) is 6.92 Å². The highest BCUT2D eigenvalue weighted by Crippen LogP contribution is 2.28. The molecule has 3 heteroatoms. The van der Waals surface area contributed by atoms with Crippen LogP contribution in [0.4, 0.5) is 0 Å². The maximum Gasteiger partial charge on any atom is 0.310 e. The average molecular weight is 223 g/mol. The van der Waals surface area contributed by atoms with Crippen LogP contribution in [0.1, 0.15) is 55.6 Å². The average Bonchev–Trinajstić information content (AvgIpc) is 2.54. The molecule has 16 heavy (non-hydrogen) atoms. The Hall–Kier alpha value is -1.25. The number of rotatable bonds is 5. The van der Waals surface area contributed by atoms with Gasteiger partial charge in [0, 0.05) is 11.4 Å². The number of aliphatic carboxylic acids is 1. The van der Waals surface area contributed by atoms with Gasteiger partial charge in [-0.25, -0.2) is 0 Å². The second-order valence-electron chi connectivity index (χ2n) is 4.28. The Morgan fingerprint density at radius 2 is 2.00 bits per heavy atom. The summed E-state index contributed by atoms with van der Waals surface area (Å²) in [5.41, 5.74) is 4.39. The van der Waals surface area contributed by atoms with E-state index in [-0.39, 0.29) is 0 Å². The van der Waals surface area contributed by atoms with E-state index in [1.807, 2.05) is 6.92 Å². The van der Waals surface area contributed by atoms with E-state index in [1.54, 1.807) is 6.92 Å². The third-order valence-electron chi connectivity index (χ3n) is 3.14. The van der Waals surface area contributed by atoms with E-state index in [9.17, 15) is 4.79 Å². The summed E-state index contributed by atoms with van der Waals surface area (Å²) in [6.07, 6.45) is 2.88. The van der Waals surface area contributed by atoms with Gasteiger partial charge in [0.1, 0.15) is 0 Å². The van der Waals surface area contributed by atoms with Crippen molar-refractivity contribution in [3.05, 3.63) is 22.5 Å². The Morgan fingerprint density at radius 1 is 1.38 bits per heavy atom. The summed E-state index contributed by atoms with van der Waals surface area (Å²) in [6.45, 7) is 7.97. The number of nitrogens with one attached hydrogen (secondary N) is 1. The van der Waals surface area contributed by atoms with Gasteiger partial charge in [-0.1, -0.05) is 20.3 Å². The zero-order valence-corrected chi connectivity index (χ0v) is 10.6. The summed E-state index contributed by atoms with van der Waals surface area (Å²) >= 11 is 0. The van der Waals surface area contributed by atoms with Crippen molar-refractivity contribution in [2.75, 3.05) is 0 Å². The molecule has 0 amide bonds. The van der Waals surface area contributed by atoms with Crippen molar-refractivity contribution in [1.29, 1.82) is 0 Å².